The third-order valence-electron chi connectivity index (χ3n) is 2.94. The Morgan fingerprint density at radius 2 is 1.59 bits per heavy atom. The minimum Gasteiger partial charge on any atom is -0.326 e. The largest absolute Gasteiger partial charge is 0.326 e. The van der Waals surface area contributed by atoms with Crippen LogP contribution in [0.4, 0.5) is 0 Å². The summed E-state index contributed by atoms with van der Waals surface area (Å²) in [6, 6.07) is 18.9. The molecular weight excluding hydrogens is 226 g/mol. The molecule has 0 radical (unpaired) electrons. The molecule has 0 fully saturated rings. The third-order valence-corrected chi connectivity index (χ3v) is 4.20. The SMILES string of the molecule is NCc1c(-c2ccccc2)sc2ccccc12. The summed E-state index contributed by atoms with van der Waals surface area (Å²) in [6.07, 6.45) is 0. The third kappa shape index (κ3) is 1.75. The average molecular weight is 239 g/mol. The number of benzene rings is 2. The van der Waals surface area contributed by atoms with E-state index in [9.17, 15) is 0 Å². The van der Waals surface area contributed by atoms with Crippen LogP contribution >= 0.6 is 11.3 Å². The molecule has 3 rings (SSSR count). The van der Waals surface area contributed by atoms with Gasteiger partial charge in [0, 0.05) is 16.1 Å². The number of nitrogens with two attached hydrogens (primary N) is 1. The summed E-state index contributed by atoms with van der Waals surface area (Å²) in [5, 5.41) is 1.29. The van der Waals surface area contributed by atoms with E-state index in [0.29, 0.717) is 6.54 Å². The van der Waals surface area contributed by atoms with E-state index in [4.69, 9.17) is 5.73 Å². The fraction of sp³-hybridized carbons (Fsp3) is 0.0667. The predicted octanol–water partition coefficient (Wildman–Crippen LogP) is 4.03. The molecule has 1 nitrogen and oxygen atoms in total. The van der Waals surface area contributed by atoms with Gasteiger partial charge < -0.3 is 5.73 Å². The van der Waals surface area contributed by atoms with E-state index in [1.54, 1.807) is 0 Å². The van der Waals surface area contributed by atoms with Gasteiger partial charge in [0.2, 0.25) is 0 Å². The molecule has 0 bridgehead atoms. The minimum atomic E-state index is 0.592. The highest BCUT2D eigenvalue weighted by Crippen LogP contribution is 2.38. The van der Waals surface area contributed by atoms with Crippen LogP contribution in [0.2, 0.25) is 0 Å². The second kappa shape index (κ2) is 4.32. The number of fused-ring (bicyclic) bond motifs is 1. The zero-order chi connectivity index (χ0) is 11.7. The van der Waals surface area contributed by atoms with Crippen molar-refractivity contribution in [3.05, 3.63) is 60.2 Å². The van der Waals surface area contributed by atoms with Crippen LogP contribution in [-0.2, 0) is 6.54 Å². The molecule has 3 aromatic rings. The maximum Gasteiger partial charge on any atom is 0.0400 e. The van der Waals surface area contributed by atoms with E-state index in [1.165, 1.54) is 26.1 Å². The summed E-state index contributed by atoms with van der Waals surface area (Å²) in [4.78, 5) is 1.30. The van der Waals surface area contributed by atoms with Crippen LogP contribution in [0.15, 0.2) is 54.6 Å². The molecule has 2 aromatic carbocycles. The van der Waals surface area contributed by atoms with Crippen molar-refractivity contribution in [2.24, 2.45) is 5.73 Å². The van der Waals surface area contributed by atoms with Gasteiger partial charge in [-0.2, -0.15) is 0 Å². The first-order valence-corrected chi connectivity index (χ1v) is 6.47. The Morgan fingerprint density at radius 1 is 0.882 bits per heavy atom. The Bertz CT molecular complexity index is 640. The molecule has 0 saturated heterocycles. The van der Waals surface area contributed by atoms with E-state index >= 15 is 0 Å². The van der Waals surface area contributed by atoms with E-state index < -0.39 is 0 Å². The van der Waals surface area contributed by atoms with Crippen LogP contribution in [0.3, 0.4) is 0 Å². The molecule has 0 unspecified atom stereocenters. The highest BCUT2D eigenvalue weighted by Gasteiger charge is 2.11. The van der Waals surface area contributed by atoms with Gasteiger partial charge >= 0.3 is 0 Å². The van der Waals surface area contributed by atoms with Crippen molar-refractivity contribution in [2.75, 3.05) is 0 Å². The zero-order valence-electron chi connectivity index (χ0n) is 9.39. The van der Waals surface area contributed by atoms with Crippen molar-refractivity contribution in [1.82, 2.24) is 0 Å². The number of rotatable bonds is 2. The maximum atomic E-state index is 5.91. The molecule has 2 N–H and O–H groups in total. The molecule has 0 spiro atoms. The van der Waals surface area contributed by atoms with Gasteiger partial charge in [-0.05, 0) is 22.6 Å². The van der Waals surface area contributed by atoms with Crippen molar-refractivity contribution in [2.45, 2.75) is 6.54 Å². The Balaban J connectivity index is 2.30. The summed E-state index contributed by atoms with van der Waals surface area (Å²) >= 11 is 1.82. The topological polar surface area (TPSA) is 26.0 Å². The molecule has 1 aromatic heterocycles. The van der Waals surface area contributed by atoms with Gasteiger partial charge in [0.1, 0.15) is 0 Å². The number of hydrogen-bond donors (Lipinski definition) is 1. The van der Waals surface area contributed by atoms with Crippen molar-refractivity contribution in [3.8, 4) is 10.4 Å². The van der Waals surface area contributed by atoms with Crippen LogP contribution in [0.25, 0.3) is 20.5 Å². The molecule has 0 aliphatic rings. The molecule has 0 aliphatic heterocycles. The van der Waals surface area contributed by atoms with Crippen LogP contribution in [0, 0.1) is 0 Å². The highest BCUT2D eigenvalue weighted by molar-refractivity contribution is 7.22. The zero-order valence-corrected chi connectivity index (χ0v) is 10.2. The maximum absolute atomic E-state index is 5.91. The summed E-state index contributed by atoms with van der Waals surface area (Å²) in [5.74, 6) is 0. The van der Waals surface area contributed by atoms with Crippen LogP contribution < -0.4 is 5.73 Å². The van der Waals surface area contributed by atoms with Gasteiger partial charge in [-0.3, -0.25) is 0 Å². The van der Waals surface area contributed by atoms with E-state index in [0.717, 1.165) is 0 Å². The lowest BCUT2D eigenvalue weighted by molar-refractivity contribution is 1.10. The van der Waals surface area contributed by atoms with Crippen molar-refractivity contribution >= 4 is 21.4 Å². The Hall–Kier alpha value is -1.64. The molecule has 0 amide bonds. The minimum absolute atomic E-state index is 0.592. The Morgan fingerprint density at radius 3 is 2.35 bits per heavy atom. The lowest BCUT2D eigenvalue weighted by Gasteiger charge is -2.01. The first-order valence-electron chi connectivity index (χ1n) is 5.66. The van der Waals surface area contributed by atoms with Crippen molar-refractivity contribution in [3.63, 3.8) is 0 Å². The lowest BCUT2D eigenvalue weighted by atomic mass is 10.1. The van der Waals surface area contributed by atoms with Gasteiger partial charge in [-0.15, -0.1) is 11.3 Å². The van der Waals surface area contributed by atoms with Gasteiger partial charge in [0.05, 0.1) is 0 Å². The second-order valence-electron chi connectivity index (χ2n) is 3.98. The summed E-state index contributed by atoms with van der Waals surface area (Å²) < 4.78 is 1.31. The number of thiophene rings is 1. The first kappa shape index (κ1) is 10.5. The normalized spacial score (nSPS) is 10.9. The second-order valence-corrected chi connectivity index (χ2v) is 5.03. The van der Waals surface area contributed by atoms with Crippen molar-refractivity contribution in [1.29, 1.82) is 0 Å². The highest BCUT2D eigenvalue weighted by atomic mass is 32.1. The Labute approximate surface area is 105 Å². The molecular formula is C15H13NS. The van der Waals surface area contributed by atoms with Gasteiger partial charge in [-0.25, -0.2) is 0 Å². The molecule has 0 saturated carbocycles. The fourth-order valence-corrected chi connectivity index (χ4v) is 3.36. The average Bonchev–Trinajstić information content (AvgIpc) is 2.78. The molecule has 0 atom stereocenters. The van der Waals surface area contributed by atoms with Crippen LogP contribution in [0.5, 0.6) is 0 Å². The summed E-state index contributed by atoms with van der Waals surface area (Å²) in [7, 11) is 0. The molecule has 1 heterocycles. The van der Waals surface area contributed by atoms with Crippen LogP contribution in [0.1, 0.15) is 5.56 Å². The van der Waals surface area contributed by atoms with Gasteiger partial charge in [0.15, 0.2) is 0 Å². The summed E-state index contributed by atoms with van der Waals surface area (Å²) in [5.41, 5.74) is 8.42. The first-order chi connectivity index (χ1) is 8.40. The van der Waals surface area contributed by atoms with E-state index in [-0.39, 0.29) is 0 Å². The Kier molecular flexibility index (Phi) is 2.67. The molecule has 2 heteroatoms. The monoisotopic (exact) mass is 239 g/mol. The number of hydrogen-bond acceptors (Lipinski definition) is 2. The molecule has 84 valence electrons. The summed E-state index contributed by atoms with van der Waals surface area (Å²) in [6.45, 7) is 0.592. The lowest BCUT2D eigenvalue weighted by Crippen LogP contribution is -1.96. The van der Waals surface area contributed by atoms with Crippen molar-refractivity contribution < 1.29 is 0 Å². The molecule has 0 aliphatic carbocycles. The molecule has 17 heavy (non-hydrogen) atoms. The van der Waals surface area contributed by atoms with Crippen LogP contribution in [-0.4, -0.2) is 0 Å². The smallest absolute Gasteiger partial charge is 0.0400 e. The standard InChI is InChI=1S/C15H13NS/c16-10-13-12-8-4-5-9-14(12)17-15(13)11-6-2-1-3-7-11/h1-9H,10,16H2. The van der Waals surface area contributed by atoms with Gasteiger partial charge in [-0.1, -0.05) is 48.5 Å². The van der Waals surface area contributed by atoms with Gasteiger partial charge in [0.25, 0.3) is 0 Å². The quantitative estimate of drug-likeness (QED) is 0.718. The fourth-order valence-electron chi connectivity index (χ4n) is 2.12. The van der Waals surface area contributed by atoms with E-state index in [2.05, 4.69) is 48.5 Å². The predicted molar refractivity (Wildman–Crippen MR) is 75.2 cm³/mol. The van der Waals surface area contributed by atoms with E-state index in [1.807, 2.05) is 17.4 Å².